The average Bonchev–Trinajstić information content (AvgIpc) is 2.43. The summed E-state index contributed by atoms with van der Waals surface area (Å²) >= 11 is 0. The largest absolute Gasteiger partial charge is 0.379 e. The fourth-order valence-electron chi connectivity index (χ4n) is 2.40. The Morgan fingerprint density at radius 3 is 2.24 bits per heavy atom. The predicted molar refractivity (Wildman–Crippen MR) is 91.9 cm³/mol. The Labute approximate surface area is 131 Å². The molecule has 2 heteroatoms. The van der Waals surface area contributed by atoms with Gasteiger partial charge < -0.3 is 10.1 Å². The lowest BCUT2D eigenvalue weighted by molar-refractivity contribution is 0.0124. The van der Waals surface area contributed by atoms with Crippen LogP contribution in [0.1, 0.15) is 57.6 Å². The molecule has 2 nitrogen and oxygen atoms in total. The minimum Gasteiger partial charge on any atom is -0.379 e. The maximum absolute atomic E-state index is 5.57. The third kappa shape index (κ3) is 7.10. The molecule has 1 atom stereocenters. The minimum absolute atomic E-state index is 0.0407. The van der Waals surface area contributed by atoms with E-state index in [2.05, 4.69) is 64.2 Å². The van der Waals surface area contributed by atoms with Crippen LogP contribution in [0, 0.1) is 12.8 Å². The van der Waals surface area contributed by atoms with Gasteiger partial charge in [0.25, 0.3) is 0 Å². The Bertz CT molecular complexity index is 395. The number of rotatable bonds is 9. The van der Waals surface area contributed by atoms with Crippen LogP contribution < -0.4 is 5.32 Å². The summed E-state index contributed by atoms with van der Waals surface area (Å²) in [6, 6.07) is 8.98. The second-order valence-corrected chi connectivity index (χ2v) is 7.16. The minimum atomic E-state index is -0.0407. The molecule has 0 aliphatic rings. The van der Waals surface area contributed by atoms with Crippen molar-refractivity contribution in [1.29, 1.82) is 0 Å². The molecule has 0 aliphatic heterocycles. The first kappa shape index (κ1) is 18.2. The third-order valence-electron chi connectivity index (χ3n) is 4.14. The van der Waals surface area contributed by atoms with E-state index in [1.807, 2.05) is 0 Å². The van der Waals surface area contributed by atoms with Gasteiger partial charge in [0, 0.05) is 13.7 Å². The van der Waals surface area contributed by atoms with E-state index in [0.717, 1.165) is 25.9 Å². The molecule has 0 amide bonds. The van der Waals surface area contributed by atoms with Crippen LogP contribution in [-0.2, 0) is 4.74 Å². The summed E-state index contributed by atoms with van der Waals surface area (Å²) < 4.78 is 5.57. The molecule has 0 aromatic heterocycles. The Morgan fingerprint density at radius 2 is 1.71 bits per heavy atom. The van der Waals surface area contributed by atoms with E-state index < -0.39 is 0 Å². The molecule has 0 heterocycles. The number of hydrogen-bond acceptors (Lipinski definition) is 2. The molecular formula is C19H33NO. The van der Waals surface area contributed by atoms with Crippen molar-refractivity contribution in [3.8, 4) is 0 Å². The molecule has 0 aliphatic carbocycles. The summed E-state index contributed by atoms with van der Waals surface area (Å²) in [6.07, 6.45) is 2.22. The van der Waals surface area contributed by atoms with Gasteiger partial charge in [-0.05, 0) is 57.6 Å². The molecule has 120 valence electrons. The van der Waals surface area contributed by atoms with Gasteiger partial charge in [0.05, 0.1) is 5.60 Å². The predicted octanol–water partition coefficient (Wildman–Crippen LogP) is 4.53. The molecule has 1 aromatic rings. The summed E-state index contributed by atoms with van der Waals surface area (Å²) in [5.41, 5.74) is 2.72. The second kappa shape index (κ2) is 8.55. The molecule has 0 saturated carbocycles. The fourth-order valence-corrected chi connectivity index (χ4v) is 2.40. The van der Waals surface area contributed by atoms with Gasteiger partial charge in [0.2, 0.25) is 0 Å². The molecular weight excluding hydrogens is 258 g/mol. The number of ether oxygens (including phenoxy) is 1. The standard InChI is InChI=1S/C19H33NO/c1-15(2)13-20-14-18(11-12-19(4,5)21-6)17-9-7-16(3)8-10-17/h7-10,15,18,20H,11-14H2,1-6H3. The van der Waals surface area contributed by atoms with Crippen molar-refractivity contribution in [3.05, 3.63) is 35.4 Å². The van der Waals surface area contributed by atoms with Crippen molar-refractivity contribution in [2.45, 2.75) is 59.0 Å². The van der Waals surface area contributed by atoms with E-state index in [1.54, 1.807) is 7.11 Å². The second-order valence-electron chi connectivity index (χ2n) is 7.16. The molecule has 0 fully saturated rings. The first-order valence-electron chi connectivity index (χ1n) is 8.16. The molecule has 1 unspecified atom stereocenters. The van der Waals surface area contributed by atoms with Gasteiger partial charge >= 0.3 is 0 Å². The maximum Gasteiger partial charge on any atom is 0.0623 e. The highest BCUT2D eigenvalue weighted by Gasteiger charge is 2.20. The molecule has 21 heavy (non-hydrogen) atoms. The molecule has 0 bridgehead atoms. The summed E-state index contributed by atoms with van der Waals surface area (Å²) in [5.74, 6) is 1.25. The van der Waals surface area contributed by atoms with Crippen LogP contribution >= 0.6 is 0 Å². The number of aryl methyl sites for hydroxylation is 1. The third-order valence-corrected chi connectivity index (χ3v) is 4.14. The lowest BCUT2D eigenvalue weighted by Gasteiger charge is -2.26. The maximum atomic E-state index is 5.57. The summed E-state index contributed by atoms with van der Waals surface area (Å²) in [5, 5.41) is 3.61. The van der Waals surface area contributed by atoms with E-state index in [-0.39, 0.29) is 5.60 Å². The van der Waals surface area contributed by atoms with Crippen LogP contribution in [0.3, 0.4) is 0 Å². The SMILES string of the molecule is COC(C)(C)CCC(CNCC(C)C)c1ccc(C)cc1. The number of benzene rings is 1. The van der Waals surface area contributed by atoms with Crippen molar-refractivity contribution < 1.29 is 4.74 Å². The Hall–Kier alpha value is -0.860. The van der Waals surface area contributed by atoms with Crippen molar-refractivity contribution in [1.82, 2.24) is 5.32 Å². The zero-order valence-corrected chi connectivity index (χ0v) is 14.7. The van der Waals surface area contributed by atoms with Crippen LogP contribution in [0.15, 0.2) is 24.3 Å². The molecule has 0 saturated heterocycles. The van der Waals surface area contributed by atoms with Gasteiger partial charge in [-0.1, -0.05) is 43.7 Å². The van der Waals surface area contributed by atoms with E-state index >= 15 is 0 Å². The van der Waals surface area contributed by atoms with E-state index in [1.165, 1.54) is 11.1 Å². The van der Waals surface area contributed by atoms with Crippen LogP contribution in [-0.4, -0.2) is 25.8 Å². The van der Waals surface area contributed by atoms with E-state index in [9.17, 15) is 0 Å². The van der Waals surface area contributed by atoms with Crippen molar-refractivity contribution in [2.24, 2.45) is 5.92 Å². The Balaban J connectivity index is 2.67. The normalized spacial score (nSPS) is 13.7. The Kier molecular flexibility index (Phi) is 7.41. The highest BCUT2D eigenvalue weighted by molar-refractivity contribution is 5.24. The smallest absolute Gasteiger partial charge is 0.0623 e. The number of methoxy groups -OCH3 is 1. The average molecular weight is 291 g/mol. The lowest BCUT2D eigenvalue weighted by atomic mass is 9.89. The highest BCUT2D eigenvalue weighted by Crippen LogP contribution is 2.26. The molecule has 1 aromatic carbocycles. The Morgan fingerprint density at radius 1 is 1.10 bits per heavy atom. The topological polar surface area (TPSA) is 21.3 Å². The number of hydrogen-bond donors (Lipinski definition) is 1. The van der Waals surface area contributed by atoms with Gasteiger partial charge in [0.15, 0.2) is 0 Å². The van der Waals surface area contributed by atoms with E-state index in [4.69, 9.17) is 4.74 Å². The lowest BCUT2D eigenvalue weighted by Crippen LogP contribution is -2.28. The van der Waals surface area contributed by atoms with Crippen molar-refractivity contribution in [2.75, 3.05) is 20.2 Å². The number of nitrogens with one attached hydrogen (secondary N) is 1. The van der Waals surface area contributed by atoms with Crippen LogP contribution in [0.2, 0.25) is 0 Å². The van der Waals surface area contributed by atoms with Crippen LogP contribution in [0.5, 0.6) is 0 Å². The van der Waals surface area contributed by atoms with Crippen LogP contribution in [0.4, 0.5) is 0 Å². The molecule has 0 radical (unpaired) electrons. The first-order valence-corrected chi connectivity index (χ1v) is 8.16. The first-order chi connectivity index (χ1) is 9.84. The van der Waals surface area contributed by atoms with Gasteiger partial charge in [-0.25, -0.2) is 0 Å². The van der Waals surface area contributed by atoms with E-state index in [0.29, 0.717) is 11.8 Å². The van der Waals surface area contributed by atoms with Gasteiger partial charge in [-0.2, -0.15) is 0 Å². The van der Waals surface area contributed by atoms with Crippen molar-refractivity contribution >= 4 is 0 Å². The van der Waals surface area contributed by atoms with Gasteiger partial charge in [-0.3, -0.25) is 0 Å². The summed E-state index contributed by atoms with van der Waals surface area (Å²) in [4.78, 5) is 0. The summed E-state index contributed by atoms with van der Waals surface area (Å²) in [7, 11) is 1.80. The zero-order chi connectivity index (χ0) is 15.9. The molecule has 0 spiro atoms. The quantitative estimate of drug-likeness (QED) is 0.722. The zero-order valence-electron chi connectivity index (χ0n) is 14.7. The summed E-state index contributed by atoms with van der Waals surface area (Å²) in [6.45, 7) is 13.1. The van der Waals surface area contributed by atoms with Gasteiger partial charge in [-0.15, -0.1) is 0 Å². The van der Waals surface area contributed by atoms with Crippen LogP contribution in [0.25, 0.3) is 0 Å². The molecule has 1 N–H and O–H groups in total. The van der Waals surface area contributed by atoms with Crippen molar-refractivity contribution in [3.63, 3.8) is 0 Å². The fraction of sp³-hybridized carbons (Fsp3) is 0.684. The molecule has 1 rings (SSSR count). The highest BCUT2D eigenvalue weighted by atomic mass is 16.5. The monoisotopic (exact) mass is 291 g/mol. The van der Waals surface area contributed by atoms with Gasteiger partial charge in [0.1, 0.15) is 0 Å².